The van der Waals surface area contributed by atoms with Crippen LogP contribution in [-0.2, 0) is 26.2 Å². The maximum absolute atomic E-state index is 13.2. The van der Waals surface area contributed by atoms with Gasteiger partial charge in [0.2, 0.25) is 0 Å². The Morgan fingerprint density at radius 3 is 2.21 bits per heavy atom. The number of nitrogens with one attached hydrogen (secondary N) is 2. The van der Waals surface area contributed by atoms with E-state index in [9.17, 15) is 18.0 Å². The highest BCUT2D eigenvalue weighted by Gasteiger charge is 2.17. The number of amides is 2. The van der Waals surface area contributed by atoms with Gasteiger partial charge < -0.3 is 10.6 Å². The Bertz CT molecular complexity index is 1620. The molecular weight excluding hydrogens is 540 g/mol. The zero-order valence-electron chi connectivity index (χ0n) is 21.1. The summed E-state index contributed by atoms with van der Waals surface area (Å²) in [6.45, 7) is 0.0652. The first-order valence-corrected chi connectivity index (χ1v) is 14.0. The van der Waals surface area contributed by atoms with Crippen molar-refractivity contribution in [2.45, 2.75) is 11.5 Å². The number of benzene rings is 4. The monoisotopic (exact) mass is 564 g/mol. The Hall–Kier alpha value is -4.02. The molecule has 4 aromatic carbocycles. The maximum atomic E-state index is 13.2. The van der Waals surface area contributed by atoms with Crippen LogP contribution in [-0.4, -0.2) is 33.6 Å². The fourth-order valence-electron chi connectivity index (χ4n) is 3.93. The third kappa shape index (κ3) is 6.90. The lowest BCUT2D eigenvalue weighted by atomic mass is 10.0. The van der Waals surface area contributed by atoms with E-state index in [1.165, 1.54) is 7.11 Å². The van der Waals surface area contributed by atoms with Gasteiger partial charge in [-0.2, -0.15) is 0 Å². The predicted molar refractivity (Wildman–Crippen MR) is 151 cm³/mol. The summed E-state index contributed by atoms with van der Waals surface area (Å²) in [6.07, 6.45) is 1.16. The van der Waals surface area contributed by atoms with Crippen LogP contribution in [0.1, 0.15) is 26.3 Å². The zero-order chi connectivity index (χ0) is 28.0. The van der Waals surface area contributed by atoms with E-state index in [0.29, 0.717) is 38.7 Å². The predicted octanol–water partition coefficient (Wildman–Crippen LogP) is 5.99. The summed E-state index contributed by atoms with van der Waals surface area (Å²) in [7, 11) is -2.05. The van der Waals surface area contributed by atoms with Crippen molar-refractivity contribution in [2.24, 2.45) is 0 Å². The van der Waals surface area contributed by atoms with Gasteiger partial charge in [-0.1, -0.05) is 54.1 Å². The smallest absolute Gasteiger partial charge is 0.257 e. The average molecular weight is 565 g/mol. The molecule has 0 aliphatic carbocycles. The first-order chi connectivity index (χ1) is 18.7. The molecule has 2 amide bonds. The molecule has 200 valence electrons. The second-order valence-electron chi connectivity index (χ2n) is 8.53. The Morgan fingerprint density at radius 2 is 1.49 bits per heavy atom. The van der Waals surface area contributed by atoms with Gasteiger partial charge in [0.25, 0.3) is 11.8 Å². The average Bonchev–Trinajstić information content (AvgIpc) is 2.93. The van der Waals surface area contributed by atoms with Crippen LogP contribution in [0.3, 0.4) is 0 Å². The van der Waals surface area contributed by atoms with Crippen molar-refractivity contribution in [3.05, 3.63) is 113 Å². The second-order valence-corrected chi connectivity index (χ2v) is 11.0. The summed E-state index contributed by atoms with van der Waals surface area (Å²) < 4.78 is 24.3. The SMILES string of the molecule is COOCc1cc(Cl)ccc1NC(=O)c1ccccc1NC(=O)c1ccc(-c2ccccc2S(C)(=O)=O)cc1. The fraction of sp³-hybridized carbons (Fsp3) is 0.103. The van der Waals surface area contributed by atoms with E-state index < -0.39 is 21.7 Å². The van der Waals surface area contributed by atoms with E-state index in [0.717, 1.165) is 6.26 Å². The van der Waals surface area contributed by atoms with Crippen molar-refractivity contribution < 1.29 is 27.8 Å². The standard InChI is InChI=1S/C29H25ClN2O6S/c1-37-38-18-21-17-22(30)15-16-25(21)31-29(34)24-8-3-5-9-26(24)32-28(33)20-13-11-19(12-14-20)23-7-4-6-10-27(23)39(2,35)36/h3-17H,18H2,1-2H3,(H,31,34)(H,32,33). The number of hydrogen-bond acceptors (Lipinski definition) is 6. The van der Waals surface area contributed by atoms with E-state index in [2.05, 4.69) is 15.5 Å². The van der Waals surface area contributed by atoms with E-state index >= 15 is 0 Å². The van der Waals surface area contributed by atoms with Crippen LogP contribution >= 0.6 is 11.6 Å². The highest BCUT2D eigenvalue weighted by molar-refractivity contribution is 7.90. The molecular formula is C29H25ClN2O6S. The van der Waals surface area contributed by atoms with Gasteiger partial charge in [0, 0.05) is 33.7 Å². The third-order valence-corrected chi connectivity index (χ3v) is 7.20. The van der Waals surface area contributed by atoms with E-state index in [-0.39, 0.29) is 17.1 Å². The first kappa shape index (κ1) is 28.0. The number of para-hydroxylation sites is 1. The molecule has 8 nitrogen and oxygen atoms in total. The minimum Gasteiger partial charge on any atom is -0.322 e. The quantitative estimate of drug-likeness (QED) is 0.191. The molecule has 0 unspecified atom stereocenters. The Balaban J connectivity index is 1.53. The molecule has 0 fully saturated rings. The molecule has 39 heavy (non-hydrogen) atoms. The van der Waals surface area contributed by atoms with Gasteiger partial charge in [0.1, 0.15) is 6.61 Å². The highest BCUT2D eigenvalue weighted by atomic mass is 35.5. The van der Waals surface area contributed by atoms with Crippen molar-refractivity contribution in [2.75, 3.05) is 24.0 Å². The molecule has 2 N–H and O–H groups in total. The van der Waals surface area contributed by atoms with E-state index in [4.69, 9.17) is 16.5 Å². The molecule has 10 heteroatoms. The third-order valence-electron chi connectivity index (χ3n) is 5.81. The number of carbonyl (C=O) groups is 2. The molecule has 0 bridgehead atoms. The van der Waals surface area contributed by atoms with Gasteiger partial charge in [0.05, 0.1) is 23.3 Å². The Labute approximate surface area is 231 Å². The number of sulfone groups is 1. The van der Waals surface area contributed by atoms with Crippen LogP contribution in [0.25, 0.3) is 11.1 Å². The Kier molecular flexibility index (Phi) is 8.78. The fourth-order valence-corrected chi connectivity index (χ4v) is 5.04. The lowest BCUT2D eigenvalue weighted by Crippen LogP contribution is -2.19. The number of hydrogen-bond donors (Lipinski definition) is 2. The summed E-state index contributed by atoms with van der Waals surface area (Å²) in [5.74, 6) is -0.876. The van der Waals surface area contributed by atoms with Crippen LogP contribution in [0.5, 0.6) is 0 Å². The Morgan fingerprint density at radius 1 is 0.821 bits per heavy atom. The summed E-state index contributed by atoms with van der Waals surface area (Å²) >= 11 is 6.08. The molecule has 4 aromatic rings. The van der Waals surface area contributed by atoms with Crippen molar-refractivity contribution >= 4 is 44.6 Å². The van der Waals surface area contributed by atoms with Crippen molar-refractivity contribution in [3.63, 3.8) is 0 Å². The van der Waals surface area contributed by atoms with Crippen LogP contribution in [0.4, 0.5) is 11.4 Å². The maximum Gasteiger partial charge on any atom is 0.257 e. The minimum atomic E-state index is -3.43. The van der Waals surface area contributed by atoms with Crippen molar-refractivity contribution in [3.8, 4) is 11.1 Å². The molecule has 0 saturated carbocycles. The minimum absolute atomic E-state index is 0.0652. The number of halogens is 1. The van der Waals surface area contributed by atoms with Crippen molar-refractivity contribution in [1.82, 2.24) is 0 Å². The van der Waals surface area contributed by atoms with Crippen LogP contribution in [0.15, 0.2) is 95.9 Å². The van der Waals surface area contributed by atoms with Crippen molar-refractivity contribution in [1.29, 1.82) is 0 Å². The molecule has 0 aliphatic rings. The van der Waals surface area contributed by atoms with Crippen LogP contribution in [0, 0.1) is 0 Å². The second kappa shape index (κ2) is 12.2. The summed E-state index contributed by atoms with van der Waals surface area (Å²) in [5, 5.41) is 6.08. The summed E-state index contributed by atoms with van der Waals surface area (Å²) in [5.41, 5.74) is 3.19. The molecule has 0 radical (unpaired) electrons. The van der Waals surface area contributed by atoms with E-state index in [1.54, 1.807) is 91.0 Å². The largest absolute Gasteiger partial charge is 0.322 e. The molecule has 0 aromatic heterocycles. The van der Waals surface area contributed by atoms with Gasteiger partial charge in [0.15, 0.2) is 9.84 Å². The summed E-state index contributed by atoms with van der Waals surface area (Å²) in [6, 6.07) is 24.8. The molecule has 0 spiro atoms. The molecule has 0 atom stereocenters. The number of anilines is 2. The van der Waals surface area contributed by atoms with Gasteiger partial charge >= 0.3 is 0 Å². The summed E-state index contributed by atoms with van der Waals surface area (Å²) in [4.78, 5) is 36.1. The molecule has 4 rings (SSSR count). The highest BCUT2D eigenvalue weighted by Crippen LogP contribution is 2.28. The number of rotatable bonds is 9. The topological polar surface area (TPSA) is 111 Å². The zero-order valence-corrected chi connectivity index (χ0v) is 22.7. The van der Waals surface area contributed by atoms with Crippen LogP contribution < -0.4 is 10.6 Å². The normalized spacial score (nSPS) is 11.2. The first-order valence-electron chi connectivity index (χ1n) is 11.7. The lowest BCUT2D eigenvalue weighted by Gasteiger charge is -2.14. The van der Waals surface area contributed by atoms with Gasteiger partial charge in [-0.05, 0) is 54.1 Å². The number of carbonyl (C=O) groups excluding carboxylic acids is 2. The molecule has 0 saturated heterocycles. The van der Waals surface area contributed by atoms with Gasteiger partial charge in [-0.3, -0.25) is 9.59 Å². The lowest BCUT2D eigenvalue weighted by molar-refractivity contribution is -0.282. The molecule has 0 heterocycles. The van der Waals surface area contributed by atoms with Crippen LogP contribution in [0.2, 0.25) is 5.02 Å². The van der Waals surface area contributed by atoms with E-state index in [1.807, 2.05) is 0 Å². The van der Waals surface area contributed by atoms with Gasteiger partial charge in [-0.15, -0.1) is 0 Å². The molecule has 0 aliphatic heterocycles. The van der Waals surface area contributed by atoms with Gasteiger partial charge in [-0.25, -0.2) is 18.2 Å².